The van der Waals surface area contributed by atoms with Gasteiger partial charge in [-0.15, -0.1) is 0 Å². The number of amides is 1. The van der Waals surface area contributed by atoms with Crippen LogP contribution in [0.25, 0.3) is 11.0 Å². The average molecular weight is 474 g/mol. The van der Waals surface area contributed by atoms with E-state index in [0.717, 1.165) is 18.3 Å². The van der Waals surface area contributed by atoms with E-state index in [1.807, 2.05) is 25.2 Å². The maximum absolute atomic E-state index is 13.3. The fourth-order valence-electron chi connectivity index (χ4n) is 3.99. The van der Waals surface area contributed by atoms with Gasteiger partial charge < -0.3 is 10.2 Å². The molecule has 10 heteroatoms. The molecule has 3 aromatic rings. The topological polar surface area (TPSA) is 95.5 Å². The number of aromatic nitrogens is 2. The third-order valence-corrected chi connectivity index (χ3v) is 8.15. The Morgan fingerprint density at radius 2 is 2.00 bits per heavy atom. The van der Waals surface area contributed by atoms with Gasteiger partial charge in [0, 0.05) is 32.7 Å². The molecule has 1 aromatic heterocycles. The van der Waals surface area contributed by atoms with E-state index in [9.17, 15) is 13.2 Å². The van der Waals surface area contributed by atoms with E-state index in [-0.39, 0.29) is 23.3 Å². The first-order valence-electron chi connectivity index (χ1n) is 10.7. The van der Waals surface area contributed by atoms with E-state index in [2.05, 4.69) is 31.1 Å². The molecule has 0 saturated carbocycles. The highest BCUT2D eigenvalue weighted by Crippen LogP contribution is 2.28. The van der Waals surface area contributed by atoms with Crippen molar-refractivity contribution < 1.29 is 13.2 Å². The van der Waals surface area contributed by atoms with Crippen LogP contribution in [0.4, 0.5) is 0 Å². The van der Waals surface area contributed by atoms with E-state index < -0.39 is 10.0 Å². The number of carbonyl (C=O) groups excluding carboxylic acids is 1. The van der Waals surface area contributed by atoms with Crippen molar-refractivity contribution >= 4 is 38.7 Å². The molecular weight excluding hydrogens is 446 g/mol. The molecule has 0 aliphatic carbocycles. The third kappa shape index (κ3) is 5.15. The summed E-state index contributed by atoms with van der Waals surface area (Å²) in [6.07, 6.45) is 1.33. The van der Waals surface area contributed by atoms with Gasteiger partial charge in [-0.2, -0.15) is 13.1 Å². The fourth-order valence-corrected chi connectivity index (χ4v) is 6.27. The Morgan fingerprint density at radius 1 is 1.19 bits per heavy atom. The average Bonchev–Trinajstić information content (AvgIpc) is 3.28. The number of sulfonamides is 1. The lowest BCUT2D eigenvalue weighted by Crippen LogP contribution is -2.46. The Hall–Kier alpha value is -2.40. The largest absolute Gasteiger partial charge is 0.355 e. The predicted octanol–water partition coefficient (Wildman–Crippen LogP) is 2.34. The number of nitrogens with one attached hydrogen (secondary N) is 1. The smallest absolute Gasteiger partial charge is 0.245 e. The first-order valence-corrected chi connectivity index (χ1v) is 12.8. The molecule has 32 heavy (non-hydrogen) atoms. The molecule has 4 rings (SSSR count). The molecule has 1 aliphatic heterocycles. The Balaban J connectivity index is 1.33. The standard InChI is InChI=1S/C22H27N5O3S2/c1-26(15-17-7-3-2-4-8-17)14-12-23-22(28)18-9-6-13-27(16-18)32(29,30)20-11-5-10-19-21(20)25-31-24-19/h2-5,7-8,10-11,18H,6,9,12-16H2,1H3,(H,23,28)/t18-/m0/s1. The third-order valence-electron chi connectivity index (χ3n) is 5.71. The molecule has 1 aliphatic rings. The summed E-state index contributed by atoms with van der Waals surface area (Å²) in [5.41, 5.74) is 2.19. The normalized spacial score (nSPS) is 17.6. The van der Waals surface area contributed by atoms with Gasteiger partial charge in [0.05, 0.1) is 17.6 Å². The molecule has 0 bridgehead atoms. The minimum Gasteiger partial charge on any atom is -0.355 e. The van der Waals surface area contributed by atoms with E-state index in [0.29, 0.717) is 43.5 Å². The van der Waals surface area contributed by atoms with Gasteiger partial charge in [-0.05, 0) is 37.6 Å². The Bertz CT molecular complexity index is 1170. The molecule has 8 nitrogen and oxygen atoms in total. The molecule has 1 atom stereocenters. The van der Waals surface area contributed by atoms with Crippen molar-refractivity contribution in [1.29, 1.82) is 0 Å². The highest BCUT2D eigenvalue weighted by Gasteiger charge is 2.34. The highest BCUT2D eigenvalue weighted by molar-refractivity contribution is 7.89. The van der Waals surface area contributed by atoms with Gasteiger partial charge in [-0.1, -0.05) is 36.4 Å². The fraction of sp³-hybridized carbons (Fsp3) is 0.409. The van der Waals surface area contributed by atoms with Crippen LogP contribution in [0, 0.1) is 5.92 Å². The summed E-state index contributed by atoms with van der Waals surface area (Å²) in [6, 6.07) is 15.2. The van der Waals surface area contributed by atoms with Crippen molar-refractivity contribution in [3.05, 3.63) is 54.1 Å². The van der Waals surface area contributed by atoms with Crippen LogP contribution in [0.3, 0.4) is 0 Å². The quantitative estimate of drug-likeness (QED) is 0.540. The number of hydrogen-bond donors (Lipinski definition) is 1. The number of carbonyl (C=O) groups is 1. The summed E-state index contributed by atoms with van der Waals surface area (Å²) in [5.74, 6) is -0.447. The van der Waals surface area contributed by atoms with Crippen LogP contribution in [0.1, 0.15) is 18.4 Å². The molecular formula is C22H27N5O3S2. The van der Waals surface area contributed by atoms with Crippen molar-refractivity contribution in [3.63, 3.8) is 0 Å². The molecule has 170 valence electrons. The second-order valence-electron chi connectivity index (χ2n) is 8.10. The zero-order valence-corrected chi connectivity index (χ0v) is 19.6. The van der Waals surface area contributed by atoms with Crippen LogP contribution in [-0.2, 0) is 21.4 Å². The molecule has 1 N–H and O–H groups in total. The maximum Gasteiger partial charge on any atom is 0.245 e. The van der Waals surface area contributed by atoms with E-state index >= 15 is 0 Å². The Kier molecular flexibility index (Phi) is 7.14. The van der Waals surface area contributed by atoms with Crippen LogP contribution in [0.15, 0.2) is 53.4 Å². The molecule has 1 fully saturated rings. The van der Waals surface area contributed by atoms with Gasteiger partial charge in [-0.25, -0.2) is 8.42 Å². The number of likely N-dealkylation sites (N-methyl/N-ethyl adjacent to an activating group) is 1. The summed E-state index contributed by atoms with van der Waals surface area (Å²) in [6.45, 7) is 2.63. The van der Waals surface area contributed by atoms with E-state index in [4.69, 9.17) is 0 Å². The number of nitrogens with zero attached hydrogens (tertiary/aromatic N) is 4. The van der Waals surface area contributed by atoms with E-state index in [1.54, 1.807) is 18.2 Å². The summed E-state index contributed by atoms with van der Waals surface area (Å²) in [5, 5.41) is 2.98. The van der Waals surface area contributed by atoms with Gasteiger partial charge in [0.2, 0.25) is 15.9 Å². The Labute approximate surface area is 192 Å². The van der Waals surface area contributed by atoms with Gasteiger partial charge in [0.25, 0.3) is 0 Å². The predicted molar refractivity (Wildman–Crippen MR) is 125 cm³/mol. The summed E-state index contributed by atoms with van der Waals surface area (Å²) in [4.78, 5) is 15.1. The van der Waals surface area contributed by atoms with Crippen molar-refractivity contribution in [2.75, 3.05) is 33.2 Å². The minimum atomic E-state index is -3.74. The lowest BCUT2D eigenvalue weighted by molar-refractivity contribution is -0.126. The minimum absolute atomic E-state index is 0.0912. The number of piperidine rings is 1. The molecule has 2 aromatic carbocycles. The van der Waals surface area contributed by atoms with Crippen LogP contribution in [-0.4, -0.2) is 65.5 Å². The van der Waals surface area contributed by atoms with Crippen LogP contribution in [0.2, 0.25) is 0 Å². The molecule has 2 heterocycles. The molecule has 0 radical (unpaired) electrons. The summed E-state index contributed by atoms with van der Waals surface area (Å²) in [7, 11) is -1.73. The van der Waals surface area contributed by atoms with Crippen molar-refractivity contribution in [2.45, 2.75) is 24.3 Å². The zero-order valence-electron chi connectivity index (χ0n) is 18.0. The summed E-state index contributed by atoms with van der Waals surface area (Å²) >= 11 is 0.996. The van der Waals surface area contributed by atoms with Crippen molar-refractivity contribution in [2.24, 2.45) is 5.92 Å². The molecule has 1 amide bonds. The van der Waals surface area contributed by atoms with Crippen molar-refractivity contribution in [1.82, 2.24) is 23.3 Å². The molecule has 0 spiro atoms. The monoisotopic (exact) mass is 473 g/mol. The summed E-state index contributed by atoms with van der Waals surface area (Å²) < 4.78 is 36.2. The van der Waals surface area contributed by atoms with Crippen LogP contribution < -0.4 is 5.32 Å². The van der Waals surface area contributed by atoms with Crippen LogP contribution >= 0.6 is 11.7 Å². The van der Waals surface area contributed by atoms with E-state index in [1.165, 1.54) is 9.87 Å². The maximum atomic E-state index is 13.3. The van der Waals surface area contributed by atoms with Gasteiger partial charge in [0.1, 0.15) is 15.9 Å². The Morgan fingerprint density at radius 3 is 2.81 bits per heavy atom. The first-order chi connectivity index (χ1) is 15.4. The zero-order chi connectivity index (χ0) is 22.6. The lowest BCUT2D eigenvalue weighted by Gasteiger charge is -2.31. The SMILES string of the molecule is CN(CCNC(=O)[C@H]1CCCN(S(=O)(=O)c2cccc3nsnc23)C1)Cc1ccccc1. The van der Waals surface area contributed by atoms with Gasteiger partial charge >= 0.3 is 0 Å². The molecule has 1 saturated heterocycles. The van der Waals surface area contributed by atoms with Crippen LogP contribution in [0.5, 0.6) is 0 Å². The number of fused-ring (bicyclic) bond motifs is 1. The number of benzene rings is 2. The highest BCUT2D eigenvalue weighted by atomic mass is 32.2. The second-order valence-corrected chi connectivity index (χ2v) is 10.5. The second kappa shape index (κ2) is 10.0. The van der Waals surface area contributed by atoms with Gasteiger partial charge in [0.15, 0.2) is 0 Å². The molecule has 0 unspecified atom stereocenters. The lowest BCUT2D eigenvalue weighted by atomic mass is 9.99. The number of hydrogen-bond acceptors (Lipinski definition) is 7. The van der Waals surface area contributed by atoms with Gasteiger partial charge in [-0.3, -0.25) is 4.79 Å². The first kappa shape index (κ1) is 22.8. The number of rotatable bonds is 8. The van der Waals surface area contributed by atoms with Crippen molar-refractivity contribution in [3.8, 4) is 0 Å².